The van der Waals surface area contributed by atoms with Crippen molar-refractivity contribution < 1.29 is 9.90 Å². The molecule has 0 heterocycles. The summed E-state index contributed by atoms with van der Waals surface area (Å²) < 4.78 is 0. The number of aliphatic hydroxyl groups is 1. The average Bonchev–Trinajstić information content (AvgIpc) is 2.45. The number of nitrogens with one attached hydrogen (secondary N) is 1. The summed E-state index contributed by atoms with van der Waals surface area (Å²) in [4.78, 5) is 12.0. The van der Waals surface area contributed by atoms with E-state index in [0.717, 1.165) is 31.2 Å². The molecule has 0 aromatic heterocycles. The second-order valence-corrected chi connectivity index (χ2v) is 6.92. The molecule has 5 heteroatoms. The van der Waals surface area contributed by atoms with Crippen LogP contribution in [0.2, 0.25) is 10.0 Å². The van der Waals surface area contributed by atoms with E-state index in [4.69, 9.17) is 23.2 Å². The Hall–Kier alpha value is -0.770. The Balaban J connectivity index is 1.83. The van der Waals surface area contributed by atoms with Gasteiger partial charge in [0.25, 0.3) is 0 Å². The minimum Gasteiger partial charge on any atom is -0.388 e. The molecule has 0 unspecified atom stereocenters. The van der Waals surface area contributed by atoms with Gasteiger partial charge in [-0.3, -0.25) is 4.79 Å². The SMILES string of the molecule is CC1CCC(O)(CNC(=O)Cc2ccc(Cl)c(Cl)c2)CC1. The fourth-order valence-corrected chi connectivity index (χ4v) is 2.96. The second kappa shape index (κ2) is 6.99. The van der Waals surface area contributed by atoms with Gasteiger partial charge in [-0.15, -0.1) is 0 Å². The zero-order chi connectivity index (χ0) is 15.5. The van der Waals surface area contributed by atoms with Gasteiger partial charge in [-0.25, -0.2) is 0 Å². The fraction of sp³-hybridized carbons (Fsp3) is 0.562. The molecular formula is C16H21Cl2NO2. The molecule has 1 aliphatic carbocycles. The summed E-state index contributed by atoms with van der Waals surface area (Å²) in [6.07, 6.45) is 3.77. The van der Waals surface area contributed by atoms with Crippen molar-refractivity contribution in [1.82, 2.24) is 5.32 Å². The first-order chi connectivity index (χ1) is 9.88. The van der Waals surface area contributed by atoms with Crippen molar-refractivity contribution in [2.45, 2.75) is 44.6 Å². The lowest BCUT2D eigenvalue weighted by Gasteiger charge is -2.34. The normalized spacial score (nSPS) is 25.6. The number of hydrogen-bond donors (Lipinski definition) is 2. The van der Waals surface area contributed by atoms with Gasteiger partial charge in [0.05, 0.1) is 22.1 Å². The third-order valence-corrected chi connectivity index (χ3v) is 4.91. The topological polar surface area (TPSA) is 49.3 Å². The Bertz CT molecular complexity index is 511. The van der Waals surface area contributed by atoms with Gasteiger partial charge >= 0.3 is 0 Å². The van der Waals surface area contributed by atoms with E-state index in [-0.39, 0.29) is 12.3 Å². The van der Waals surface area contributed by atoms with E-state index in [2.05, 4.69) is 12.2 Å². The molecule has 21 heavy (non-hydrogen) atoms. The second-order valence-electron chi connectivity index (χ2n) is 6.11. The molecule has 1 aromatic rings. The van der Waals surface area contributed by atoms with E-state index in [9.17, 15) is 9.90 Å². The zero-order valence-electron chi connectivity index (χ0n) is 12.2. The Kier molecular flexibility index (Phi) is 5.53. The third kappa shape index (κ3) is 4.87. The highest BCUT2D eigenvalue weighted by Crippen LogP contribution is 2.31. The lowest BCUT2D eigenvalue weighted by molar-refractivity contribution is -0.122. The maximum atomic E-state index is 12.0. The van der Waals surface area contributed by atoms with Crippen LogP contribution in [0.1, 0.15) is 38.2 Å². The third-order valence-electron chi connectivity index (χ3n) is 4.17. The van der Waals surface area contributed by atoms with Gasteiger partial charge in [-0.2, -0.15) is 0 Å². The molecule has 1 amide bonds. The van der Waals surface area contributed by atoms with Gasteiger partial charge in [0.2, 0.25) is 5.91 Å². The molecule has 0 bridgehead atoms. The van der Waals surface area contributed by atoms with Crippen LogP contribution in [0.3, 0.4) is 0 Å². The quantitative estimate of drug-likeness (QED) is 0.886. The molecule has 0 atom stereocenters. The lowest BCUT2D eigenvalue weighted by Crippen LogP contribution is -2.45. The first-order valence-electron chi connectivity index (χ1n) is 7.31. The molecule has 3 nitrogen and oxygen atoms in total. The first-order valence-corrected chi connectivity index (χ1v) is 8.06. The molecule has 0 radical (unpaired) electrons. The Labute approximate surface area is 135 Å². The summed E-state index contributed by atoms with van der Waals surface area (Å²) in [5.74, 6) is 0.553. The van der Waals surface area contributed by atoms with E-state index < -0.39 is 5.60 Å². The largest absolute Gasteiger partial charge is 0.388 e. The zero-order valence-corrected chi connectivity index (χ0v) is 13.7. The molecule has 116 valence electrons. The van der Waals surface area contributed by atoms with Crippen molar-refractivity contribution in [2.75, 3.05) is 6.54 Å². The van der Waals surface area contributed by atoms with E-state index in [1.54, 1.807) is 18.2 Å². The predicted molar refractivity (Wildman–Crippen MR) is 85.8 cm³/mol. The van der Waals surface area contributed by atoms with Gasteiger partial charge in [0.1, 0.15) is 0 Å². The fourth-order valence-electron chi connectivity index (χ4n) is 2.64. The summed E-state index contributed by atoms with van der Waals surface area (Å²) in [6.45, 7) is 2.52. The van der Waals surface area contributed by atoms with Crippen LogP contribution in [-0.2, 0) is 11.2 Å². The molecule has 1 aliphatic rings. The monoisotopic (exact) mass is 329 g/mol. The maximum Gasteiger partial charge on any atom is 0.224 e. The van der Waals surface area contributed by atoms with Crippen molar-refractivity contribution in [2.24, 2.45) is 5.92 Å². The van der Waals surface area contributed by atoms with Crippen molar-refractivity contribution in [1.29, 1.82) is 0 Å². The average molecular weight is 330 g/mol. The van der Waals surface area contributed by atoms with Crippen molar-refractivity contribution >= 4 is 29.1 Å². The van der Waals surface area contributed by atoms with E-state index >= 15 is 0 Å². The van der Waals surface area contributed by atoms with Crippen molar-refractivity contribution in [3.63, 3.8) is 0 Å². The number of halogens is 2. The smallest absolute Gasteiger partial charge is 0.224 e. The summed E-state index contributed by atoms with van der Waals surface area (Å²) in [6, 6.07) is 5.16. The van der Waals surface area contributed by atoms with Crippen molar-refractivity contribution in [3.05, 3.63) is 33.8 Å². The van der Waals surface area contributed by atoms with Crippen LogP contribution in [0, 0.1) is 5.92 Å². The van der Waals surface area contributed by atoms with Gasteiger partial charge < -0.3 is 10.4 Å². The Morgan fingerprint density at radius 2 is 2.00 bits per heavy atom. The molecule has 1 saturated carbocycles. The standard InChI is InChI=1S/C16H21Cl2NO2/c1-11-4-6-16(21,7-5-11)10-19-15(20)9-12-2-3-13(17)14(18)8-12/h2-3,8,11,21H,4-7,9-10H2,1H3,(H,19,20). The van der Waals surface area contributed by atoms with Gasteiger partial charge in [-0.05, 0) is 49.3 Å². The van der Waals surface area contributed by atoms with Crippen LogP contribution in [-0.4, -0.2) is 23.2 Å². The van der Waals surface area contributed by atoms with Gasteiger partial charge in [0, 0.05) is 6.54 Å². The predicted octanol–water partition coefficient (Wildman–Crippen LogP) is 3.59. The minimum atomic E-state index is -0.750. The van der Waals surface area contributed by atoms with Crippen molar-refractivity contribution in [3.8, 4) is 0 Å². The summed E-state index contributed by atoms with van der Waals surface area (Å²) >= 11 is 11.8. The lowest BCUT2D eigenvalue weighted by atomic mass is 9.79. The highest BCUT2D eigenvalue weighted by atomic mass is 35.5. The number of rotatable bonds is 4. The number of amides is 1. The summed E-state index contributed by atoms with van der Waals surface area (Å²) in [5, 5.41) is 14.2. The van der Waals surface area contributed by atoms with E-state index in [0.29, 0.717) is 22.5 Å². The van der Waals surface area contributed by atoms with Crippen LogP contribution in [0.15, 0.2) is 18.2 Å². The van der Waals surface area contributed by atoms with E-state index in [1.165, 1.54) is 0 Å². The number of benzene rings is 1. The number of hydrogen-bond acceptors (Lipinski definition) is 2. The molecule has 0 spiro atoms. The Morgan fingerprint density at radius 1 is 1.33 bits per heavy atom. The minimum absolute atomic E-state index is 0.111. The van der Waals surface area contributed by atoms with E-state index in [1.807, 2.05) is 0 Å². The van der Waals surface area contributed by atoms with Crippen LogP contribution in [0.4, 0.5) is 0 Å². The molecule has 0 saturated heterocycles. The summed E-state index contributed by atoms with van der Waals surface area (Å²) in [7, 11) is 0. The van der Waals surface area contributed by atoms with Crippen LogP contribution >= 0.6 is 23.2 Å². The molecule has 2 N–H and O–H groups in total. The molecule has 0 aliphatic heterocycles. The molecule has 2 rings (SSSR count). The first kappa shape index (κ1) is 16.6. The van der Waals surface area contributed by atoms with Crippen LogP contribution < -0.4 is 5.32 Å². The van der Waals surface area contributed by atoms with Crippen LogP contribution in [0.5, 0.6) is 0 Å². The maximum absolute atomic E-state index is 12.0. The van der Waals surface area contributed by atoms with Gasteiger partial charge in [-0.1, -0.05) is 36.2 Å². The Morgan fingerprint density at radius 3 is 2.62 bits per heavy atom. The molecule has 1 aromatic carbocycles. The van der Waals surface area contributed by atoms with Crippen LogP contribution in [0.25, 0.3) is 0 Å². The number of carbonyl (C=O) groups is 1. The summed E-state index contributed by atoms with van der Waals surface area (Å²) in [5.41, 5.74) is 0.0611. The molecular weight excluding hydrogens is 309 g/mol. The molecule has 1 fully saturated rings. The highest BCUT2D eigenvalue weighted by Gasteiger charge is 2.31. The highest BCUT2D eigenvalue weighted by molar-refractivity contribution is 6.42. The van der Waals surface area contributed by atoms with Gasteiger partial charge in [0.15, 0.2) is 0 Å². The number of carbonyl (C=O) groups excluding carboxylic acids is 1.